The van der Waals surface area contributed by atoms with Gasteiger partial charge >= 0.3 is 6.18 Å². The summed E-state index contributed by atoms with van der Waals surface area (Å²) < 4.78 is 38.2. The summed E-state index contributed by atoms with van der Waals surface area (Å²) in [5.74, 6) is -1.34. The van der Waals surface area contributed by atoms with Gasteiger partial charge in [0.15, 0.2) is 0 Å². The molecule has 0 aliphatic rings. The zero-order valence-electron chi connectivity index (χ0n) is 10.7. The molecule has 0 radical (unpaired) electrons. The number of anilines is 1. The number of alkyl halides is 3. The molecule has 0 aliphatic carbocycles. The average Bonchev–Trinajstić information content (AvgIpc) is 2.46. The van der Waals surface area contributed by atoms with Crippen molar-refractivity contribution in [2.45, 2.75) is 6.18 Å². The van der Waals surface area contributed by atoms with E-state index < -0.39 is 16.9 Å². The van der Waals surface area contributed by atoms with Crippen LogP contribution in [0.1, 0.15) is 5.82 Å². The minimum atomic E-state index is -4.71. The van der Waals surface area contributed by atoms with Crippen LogP contribution in [0.5, 0.6) is 0 Å². The maximum Gasteiger partial charge on any atom is 0.451 e. The van der Waals surface area contributed by atoms with E-state index in [1.165, 1.54) is 31.3 Å². The Morgan fingerprint density at radius 3 is 2.52 bits per heavy atom. The molecule has 0 aliphatic heterocycles. The maximum absolute atomic E-state index is 12.7. The predicted octanol–water partition coefficient (Wildman–Crippen LogP) is 3.11. The summed E-state index contributed by atoms with van der Waals surface area (Å²) in [4.78, 5) is 16.8. The van der Waals surface area contributed by atoms with Gasteiger partial charge in [-0.2, -0.15) is 13.2 Å². The first-order valence-corrected chi connectivity index (χ1v) is 5.70. The number of benzene rings is 1. The van der Waals surface area contributed by atoms with Gasteiger partial charge < -0.3 is 5.32 Å². The fourth-order valence-corrected chi connectivity index (χ4v) is 1.63. The van der Waals surface area contributed by atoms with Crippen molar-refractivity contribution in [1.29, 1.82) is 0 Å². The Kier molecular flexibility index (Phi) is 3.74. The van der Waals surface area contributed by atoms with Crippen LogP contribution in [0.3, 0.4) is 0 Å². The van der Waals surface area contributed by atoms with Crippen molar-refractivity contribution in [2.75, 3.05) is 12.4 Å². The number of nitro benzene ring substituents is 1. The molecular formula is C12H9F3N4O2. The second-order valence-electron chi connectivity index (χ2n) is 4.02. The lowest BCUT2D eigenvalue weighted by Gasteiger charge is -2.10. The van der Waals surface area contributed by atoms with E-state index >= 15 is 0 Å². The number of nitro groups is 1. The smallest absolute Gasteiger partial charge is 0.373 e. The summed E-state index contributed by atoms with van der Waals surface area (Å²) in [6.45, 7) is 0. The topological polar surface area (TPSA) is 81.0 Å². The summed E-state index contributed by atoms with van der Waals surface area (Å²) in [5, 5.41) is 13.2. The number of nitrogens with zero attached hydrogens (tertiary/aromatic N) is 3. The molecule has 0 saturated carbocycles. The Bertz CT molecular complexity index is 688. The molecule has 0 unspecified atom stereocenters. The number of non-ortho nitro benzene ring substituents is 1. The second kappa shape index (κ2) is 5.35. The first-order chi connectivity index (χ1) is 9.81. The highest BCUT2D eigenvalue weighted by molar-refractivity contribution is 5.65. The first-order valence-electron chi connectivity index (χ1n) is 5.70. The number of aromatic nitrogens is 2. The molecule has 21 heavy (non-hydrogen) atoms. The summed E-state index contributed by atoms with van der Waals surface area (Å²) in [6.07, 6.45) is -4.71. The Morgan fingerprint density at radius 1 is 1.24 bits per heavy atom. The molecule has 0 bridgehead atoms. The van der Waals surface area contributed by atoms with E-state index in [1.54, 1.807) is 0 Å². The molecule has 110 valence electrons. The van der Waals surface area contributed by atoms with Crippen molar-refractivity contribution in [3.8, 4) is 11.3 Å². The highest BCUT2D eigenvalue weighted by atomic mass is 19.4. The molecule has 0 fully saturated rings. The van der Waals surface area contributed by atoms with Gasteiger partial charge in [-0.25, -0.2) is 9.97 Å². The van der Waals surface area contributed by atoms with Crippen molar-refractivity contribution in [3.63, 3.8) is 0 Å². The van der Waals surface area contributed by atoms with E-state index in [1.807, 2.05) is 0 Å². The van der Waals surface area contributed by atoms with E-state index in [2.05, 4.69) is 15.3 Å². The third-order valence-electron chi connectivity index (χ3n) is 2.59. The molecule has 2 rings (SSSR count). The van der Waals surface area contributed by atoms with Crippen LogP contribution in [-0.4, -0.2) is 21.9 Å². The molecule has 0 spiro atoms. The van der Waals surface area contributed by atoms with Crippen LogP contribution in [0.25, 0.3) is 11.3 Å². The Labute approximate surface area is 116 Å². The third-order valence-corrected chi connectivity index (χ3v) is 2.59. The van der Waals surface area contributed by atoms with Crippen LogP contribution in [0.15, 0.2) is 30.3 Å². The van der Waals surface area contributed by atoms with Crippen LogP contribution < -0.4 is 5.32 Å². The van der Waals surface area contributed by atoms with Crippen molar-refractivity contribution >= 4 is 11.5 Å². The van der Waals surface area contributed by atoms with Crippen LogP contribution in [0, 0.1) is 10.1 Å². The number of nitrogens with one attached hydrogen (secondary N) is 1. The first kappa shape index (κ1) is 14.7. The molecule has 1 aromatic heterocycles. The summed E-state index contributed by atoms with van der Waals surface area (Å²) in [5.41, 5.74) is -0.0790. The molecule has 2 aromatic rings. The van der Waals surface area contributed by atoms with Gasteiger partial charge in [-0.05, 0) is 0 Å². The highest BCUT2D eigenvalue weighted by Crippen LogP contribution is 2.30. The van der Waals surface area contributed by atoms with Gasteiger partial charge in [-0.1, -0.05) is 12.1 Å². The highest BCUT2D eigenvalue weighted by Gasteiger charge is 2.35. The van der Waals surface area contributed by atoms with Gasteiger partial charge in [-0.3, -0.25) is 10.1 Å². The lowest BCUT2D eigenvalue weighted by molar-refractivity contribution is -0.384. The number of hydrogen-bond acceptors (Lipinski definition) is 5. The van der Waals surface area contributed by atoms with Gasteiger partial charge in [0.2, 0.25) is 5.82 Å². The lowest BCUT2D eigenvalue weighted by Crippen LogP contribution is -2.13. The Hall–Kier alpha value is -2.71. The monoisotopic (exact) mass is 298 g/mol. The molecule has 1 heterocycles. The Morgan fingerprint density at radius 2 is 1.95 bits per heavy atom. The van der Waals surface area contributed by atoms with Crippen LogP contribution in [0.2, 0.25) is 0 Å². The molecule has 0 amide bonds. The van der Waals surface area contributed by atoms with E-state index in [0.717, 1.165) is 6.07 Å². The standard InChI is InChI=1S/C12H9F3N4O2/c1-16-10-6-9(17-11(18-10)12(13,14)15)7-3-2-4-8(5-7)19(20)21/h2-6H,1H3,(H,16,17,18). The molecular weight excluding hydrogens is 289 g/mol. The van der Waals surface area contributed by atoms with Gasteiger partial charge in [0.1, 0.15) is 5.82 Å². The van der Waals surface area contributed by atoms with Crippen molar-refractivity contribution in [3.05, 3.63) is 46.3 Å². The van der Waals surface area contributed by atoms with Crippen molar-refractivity contribution in [2.24, 2.45) is 0 Å². The van der Waals surface area contributed by atoms with Crippen LogP contribution in [-0.2, 0) is 6.18 Å². The lowest BCUT2D eigenvalue weighted by atomic mass is 10.1. The molecule has 6 nitrogen and oxygen atoms in total. The second-order valence-corrected chi connectivity index (χ2v) is 4.02. The minimum Gasteiger partial charge on any atom is -0.373 e. The van der Waals surface area contributed by atoms with E-state index in [4.69, 9.17) is 0 Å². The van der Waals surface area contributed by atoms with E-state index in [0.29, 0.717) is 0 Å². The van der Waals surface area contributed by atoms with Gasteiger partial charge in [0.25, 0.3) is 5.69 Å². The van der Waals surface area contributed by atoms with Crippen LogP contribution in [0.4, 0.5) is 24.7 Å². The normalized spacial score (nSPS) is 11.2. The largest absolute Gasteiger partial charge is 0.451 e. The predicted molar refractivity (Wildman–Crippen MR) is 68.7 cm³/mol. The van der Waals surface area contributed by atoms with E-state index in [9.17, 15) is 23.3 Å². The molecule has 0 saturated heterocycles. The van der Waals surface area contributed by atoms with E-state index in [-0.39, 0.29) is 22.8 Å². The molecule has 1 N–H and O–H groups in total. The summed E-state index contributed by atoms with van der Waals surface area (Å²) in [7, 11) is 1.42. The third kappa shape index (κ3) is 3.25. The number of hydrogen-bond donors (Lipinski definition) is 1. The van der Waals surface area contributed by atoms with Crippen LogP contribution >= 0.6 is 0 Å². The maximum atomic E-state index is 12.7. The molecule has 0 atom stereocenters. The van der Waals surface area contributed by atoms with Crippen molar-refractivity contribution < 1.29 is 18.1 Å². The van der Waals surface area contributed by atoms with Crippen molar-refractivity contribution in [1.82, 2.24) is 9.97 Å². The fourth-order valence-electron chi connectivity index (χ4n) is 1.63. The minimum absolute atomic E-state index is 0.0289. The fraction of sp³-hybridized carbons (Fsp3) is 0.167. The summed E-state index contributed by atoms with van der Waals surface area (Å²) >= 11 is 0. The zero-order chi connectivity index (χ0) is 15.6. The van der Waals surface area contributed by atoms with Gasteiger partial charge in [0.05, 0.1) is 10.6 Å². The average molecular weight is 298 g/mol. The zero-order valence-corrected chi connectivity index (χ0v) is 10.7. The number of rotatable bonds is 3. The SMILES string of the molecule is CNc1cc(-c2cccc([N+](=O)[O-])c2)nc(C(F)(F)F)n1. The quantitative estimate of drug-likeness (QED) is 0.695. The number of halogens is 3. The van der Waals surface area contributed by atoms with Gasteiger partial charge in [-0.15, -0.1) is 0 Å². The summed E-state index contributed by atoms with van der Waals surface area (Å²) in [6, 6.07) is 6.50. The molecule has 9 heteroatoms. The Balaban J connectivity index is 2.58. The molecule has 1 aromatic carbocycles. The van der Waals surface area contributed by atoms with Gasteiger partial charge in [0, 0.05) is 30.8 Å².